The molecule has 1 amide bonds. The van der Waals surface area contributed by atoms with Gasteiger partial charge in [-0.25, -0.2) is 0 Å². The highest BCUT2D eigenvalue weighted by atomic mass is 16.5. The first-order valence-electron chi connectivity index (χ1n) is 8.29. The molecule has 1 heterocycles. The molecule has 0 radical (unpaired) electrons. The molecule has 2 rings (SSSR count). The lowest BCUT2D eigenvalue weighted by Gasteiger charge is -2.35. The zero-order valence-corrected chi connectivity index (χ0v) is 12.7. The fourth-order valence-corrected chi connectivity index (χ4v) is 3.30. The number of aliphatic hydroxyl groups is 1. The van der Waals surface area contributed by atoms with Gasteiger partial charge in [0.2, 0.25) is 0 Å². The van der Waals surface area contributed by atoms with Crippen molar-refractivity contribution in [3.05, 3.63) is 0 Å². The predicted molar refractivity (Wildman–Crippen MR) is 78.4 cm³/mol. The summed E-state index contributed by atoms with van der Waals surface area (Å²) in [6, 6.07) is 0. The molecule has 0 bridgehead atoms. The van der Waals surface area contributed by atoms with E-state index in [-0.39, 0.29) is 24.7 Å². The molecule has 116 valence electrons. The number of aliphatic hydroxyl groups excluding tert-OH is 1. The predicted octanol–water partition coefficient (Wildman–Crippen LogP) is 2.35. The van der Waals surface area contributed by atoms with Crippen LogP contribution in [0.25, 0.3) is 0 Å². The largest absolute Gasteiger partial charge is 0.396 e. The van der Waals surface area contributed by atoms with Crippen molar-refractivity contribution >= 4 is 5.91 Å². The normalized spacial score (nSPS) is 23.8. The van der Waals surface area contributed by atoms with Gasteiger partial charge in [0.25, 0.3) is 5.91 Å². The van der Waals surface area contributed by atoms with E-state index in [2.05, 4.69) is 0 Å². The summed E-state index contributed by atoms with van der Waals surface area (Å²) in [6.07, 6.45) is 8.61. The number of carbonyl (C=O) groups excluding carboxylic acids is 1. The van der Waals surface area contributed by atoms with Gasteiger partial charge in [0.05, 0.1) is 6.10 Å². The number of carbonyl (C=O) groups is 1. The number of nitrogens with zero attached hydrogens (tertiary/aromatic N) is 1. The third-order valence-corrected chi connectivity index (χ3v) is 4.74. The van der Waals surface area contributed by atoms with Gasteiger partial charge in [-0.15, -0.1) is 0 Å². The standard InChI is InChI=1S/C16H29NO3/c1-2-15(20-14-6-4-3-5-7-14)16(19)17-10-8-13(12-18)9-11-17/h13-15,18H,2-12H2,1H3. The monoisotopic (exact) mass is 283 g/mol. The SMILES string of the molecule is CCC(OC1CCCCC1)C(=O)N1CCC(CO)CC1. The summed E-state index contributed by atoms with van der Waals surface area (Å²) in [5.41, 5.74) is 0. The van der Waals surface area contributed by atoms with Crippen molar-refractivity contribution in [2.75, 3.05) is 19.7 Å². The van der Waals surface area contributed by atoms with Gasteiger partial charge in [0.15, 0.2) is 0 Å². The van der Waals surface area contributed by atoms with Crippen molar-refractivity contribution in [2.24, 2.45) is 5.92 Å². The quantitative estimate of drug-likeness (QED) is 0.842. The van der Waals surface area contributed by atoms with Gasteiger partial charge in [0, 0.05) is 19.7 Å². The van der Waals surface area contributed by atoms with E-state index in [1.54, 1.807) is 0 Å². The Labute approximate surface area is 122 Å². The lowest BCUT2D eigenvalue weighted by Crippen LogP contribution is -2.46. The summed E-state index contributed by atoms with van der Waals surface area (Å²) in [5.74, 6) is 0.535. The maximum Gasteiger partial charge on any atom is 0.251 e. The Balaban J connectivity index is 1.82. The molecule has 2 fully saturated rings. The van der Waals surface area contributed by atoms with Gasteiger partial charge in [-0.3, -0.25) is 4.79 Å². The van der Waals surface area contributed by atoms with Crippen LogP contribution in [-0.2, 0) is 9.53 Å². The molecule has 0 aromatic carbocycles. The summed E-state index contributed by atoms with van der Waals surface area (Å²) in [4.78, 5) is 14.5. The fourth-order valence-electron chi connectivity index (χ4n) is 3.30. The summed E-state index contributed by atoms with van der Waals surface area (Å²) < 4.78 is 6.07. The number of ether oxygens (including phenoxy) is 1. The third kappa shape index (κ3) is 4.19. The van der Waals surface area contributed by atoms with Crippen LogP contribution in [0.15, 0.2) is 0 Å². The summed E-state index contributed by atoms with van der Waals surface area (Å²) >= 11 is 0. The van der Waals surface area contributed by atoms with Crippen LogP contribution in [-0.4, -0.2) is 47.8 Å². The molecular weight excluding hydrogens is 254 g/mol. The Morgan fingerprint density at radius 3 is 2.40 bits per heavy atom. The van der Waals surface area contributed by atoms with Crippen molar-refractivity contribution in [1.82, 2.24) is 4.90 Å². The zero-order chi connectivity index (χ0) is 14.4. The maximum atomic E-state index is 12.5. The number of piperidine rings is 1. The topological polar surface area (TPSA) is 49.8 Å². The molecule has 1 saturated carbocycles. The summed E-state index contributed by atoms with van der Waals surface area (Å²) in [6.45, 7) is 3.83. The molecule has 1 aliphatic heterocycles. The first-order valence-corrected chi connectivity index (χ1v) is 8.29. The van der Waals surface area contributed by atoms with E-state index in [0.29, 0.717) is 5.92 Å². The average molecular weight is 283 g/mol. The van der Waals surface area contributed by atoms with Crippen LogP contribution in [0.3, 0.4) is 0 Å². The van der Waals surface area contributed by atoms with Crippen molar-refractivity contribution in [2.45, 2.75) is 70.5 Å². The Morgan fingerprint density at radius 2 is 1.85 bits per heavy atom. The molecule has 1 atom stereocenters. The highest BCUT2D eigenvalue weighted by Crippen LogP contribution is 2.24. The average Bonchev–Trinajstić information content (AvgIpc) is 2.53. The van der Waals surface area contributed by atoms with Gasteiger partial charge in [-0.2, -0.15) is 0 Å². The van der Waals surface area contributed by atoms with Gasteiger partial charge in [-0.1, -0.05) is 26.2 Å². The van der Waals surface area contributed by atoms with Gasteiger partial charge in [-0.05, 0) is 38.0 Å². The van der Waals surface area contributed by atoms with Crippen LogP contribution in [0.5, 0.6) is 0 Å². The highest BCUT2D eigenvalue weighted by molar-refractivity contribution is 5.81. The summed E-state index contributed by atoms with van der Waals surface area (Å²) in [5, 5.41) is 9.16. The molecule has 1 unspecified atom stereocenters. The van der Waals surface area contributed by atoms with Gasteiger partial charge in [0.1, 0.15) is 6.10 Å². The highest BCUT2D eigenvalue weighted by Gasteiger charge is 2.29. The minimum Gasteiger partial charge on any atom is -0.396 e. The molecule has 0 aromatic heterocycles. The fraction of sp³-hybridized carbons (Fsp3) is 0.938. The van der Waals surface area contributed by atoms with E-state index in [1.807, 2.05) is 11.8 Å². The molecule has 0 spiro atoms. The number of amides is 1. The van der Waals surface area contributed by atoms with E-state index in [4.69, 9.17) is 9.84 Å². The lowest BCUT2D eigenvalue weighted by atomic mass is 9.96. The smallest absolute Gasteiger partial charge is 0.251 e. The van der Waals surface area contributed by atoms with Crippen molar-refractivity contribution < 1.29 is 14.6 Å². The number of hydrogen-bond donors (Lipinski definition) is 1. The summed E-state index contributed by atoms with van der Waals surface area (Å²) in [7, 11) is 0. The molecule has 20 heavy (non-hydrogen) atoms. The molecule has 2 aliphatic rings. The molecule has 4 heteroatoms. The second kappa shape index (κ2) is 7.99. The molecular formula is C16H29NO3. The van der Waals surface area contributed by atoms with E-state index in [1.165, 1.54) is 19.3 Å². The molecule has 1 saturated heterocycles. The molecule has 1 aliphatic carbocycles. The number of hydrogen-bond acceptors (Lipinski definition) is 3. The van der Waals surface area contributed by atoms with Crippen molar-refractivity contribution in [3.8, 4) is 0 Å². The van der Waals surface area contributed by atoms with Gasteiger partial charge < -0.3 is 14.7 Å². The molecule has 0 aromatic rings. The Morgan fingerprint density at radius 1 is 1.20 bits per heavy atom. The van der Waals surface area contributed by atoms with Crippen LogP contribution in [0.2, 0.25) is 0 Å². The van der Waals surface area contributed by atoms with Crippen LogP contribution < -0.4 is 0 Å². The van der Waals surface area contributed by atoms with Gasteiger partial charge >= 0.3 is 0 Å². The molecule has 4 nitrogen and oxygen atoms in total. The maximum absolute atomic E-state index is 12.5. The van der Waals surface area contributed by atoms with E-state index in [9.17, 15) is 4.79 Å². The van der Waals surface area contributed by atoms with E-state index in [0.717, 1.165) is 45.2 Å². The minimum atomic E-state index is -0.260. The minimum absolute atomic E-state index is 0.162. The Kier molecular flexibility index (Phi) is 6.30. The van der Waals surface area contributed by atoms with Crippen LogP contribution in [0, 0.1) is 5.92 Å². The number of rotatable bonds is 5. The first kappa shape index (κ1) is 15.8. The van der Waals surface area contributed by atoms with Crippen LogP contribution in [0.4, 0.5) is 0 Å². The first-order chi connectivity index (χ1) is 9.74. The Bertz CT molecular complexity index is 294. The second-order valence-electron chi connectivity index (χ2n) is 6.24. The van der Waals surface area contributed by atoms with Crippen LogP contribution >= 0.6 is 0 Å². The van der Waals surface area contributed by atoms with E-state index < -0.39 is 0 Å². The van der Waals surface area contributed by atoms with Crippen LogP contribution in [0.1, 0.15) is 58.3 Å². The molecule has 1 N–H and O–H groups in total. The van der Waals surface area contributed by atoms with Crippen molar-refractivity contribution in [1.29, 1.82) is 0 Å². The lowest BCUT2D eigenvalue weighted by molar-refractivity contribution is -0.150. The zero-order valence-electron chi connectivity index (χ0n) is 12.7. The van der Waals surface area contributed by atoms with E-state index >= 15 is 0 Å². The Hall–Kier alpha value is -0.610. The second-order valence-corrected chi connectivity index (χ2v) is 6.24. The third-order valence-electron chi connectivity index (χ3n) is 4.74. The number of likely N-dealkylation sites (tertiary alicyclic amines) is 1. The van der Waals surface area contributed by atoms with Crippen molar-refractivity contribution in [3.63, 3.8) is 0 Å².